The zero-order chi connectivity index (χ0) is 24.6. The van der Waals surface area contributed by atoms with E-state index in [1.54, 1.807) is 41.3 Å². The summed E-state index contributed by atoms with van der Waals surface area (Å²) in [7, 11) is -3.49. The van der Waals surface area contributed by atoms with Gasteiger partial charge in [0.1, 0.15) is 5.75 Å². The standard InChI is InChI=1S/C25H33N3O5S/c1-3-28(4-2)34(31,32)23-12-10-20(11-13-23)18-26-25(30)21-14-16-27(17-15-21)24(29)19-33-22-8-6-5-7-9-22/h5-13,21H,3-4,14-19H2,1-2H3,(H,26,30). The minimum atomic E-state index is -3.49. The van der Waals surface area contributed by atoms with E-state index in [0.717, 1.165) is 5.56 Å². The van der Waals surface area contributed by atoms with Crippen LogP contribution in [0.25, 0.3) is 0 Å². The molecule has 1 fully saturated rings. The minimum absolute atomic E-state index is 0.0130. The van der Waals surface area contributed by atoms with Crippen LogP contribution in [0.1, 0.15) is 32.3 Å². The molecule has 0 saturated carbocycles. The maximum absolute atomic E-state index is 12.6. The van der Waals surface area contributed by atoms with E-state index in [4.69, 9.17) is 4.74 Å². The molecule has 9 heteroatoms. The molecule has 2 aromatic rings. The molecule has 2 aromatic carbocycles. The van der Waals surface area contributed by atoms with Crippen LogP contribution < -0.4 is 10.1 Å². The second-order valence-corrected chi connectivity index (χ2v) is 10.1. The molecule has 0 aliphatic carbocycles. The molecule has 1 aliphatic heterocycles. The van der Waals surface area contributed by atoms with Crippen molar-refractivity contribution in [1.82, 2.24) is 14.5 Å². The Kier molecular flexibility index (Phi) is 9.06. The molecule has 0 aromatic heterocycles. The number of hydrogen-bond donors (Lipinski definition) is 1. The minimum Gasteiger partial charge on any atom is -0.484 e. The Hall–Kier alpha value is -2.91. The summed E-state index contributed by atoms with van der Waals surface area (Å²) >= 11 is 0. The van der Waals surface area contributed by atoms with E-state index in [0.29, 0.717) is 51.3 Å². The Morgan fingerprint density at radius 2 is 1.62 bits per heavy atom. The van der Waals surface area contributed by atoms with Crippen LogP contribution in [0.4, 0.5) is 0 Å². The highest BCUT2D eigenvalue weighted by molar-refractivity contribution is 7.89. The van der Waals surface area contributed by atoms with E-state index in [1.807, 2.05) is 32.0 Å². The molecule has 0 bridgehead atoms. The van der Waals surface area contributed by atoms with Crippen molar-refractivity contribution >= 4 is 21.8 Å². The van der Waals surface area contributed by atoms with Gasteiger partial charge in [0.2, 0.25) is 15.9 Å². The van der Waals surface area contributed by atoms with Gasteiger partial charge in [0.15, 0.2) is 6.61 Å². The van der Waals surface area contributed by atoms with Crippen LogP contribution in [0.3, 0.4) is 0 Å². The van der Waals surface area contributed by atoms with Crippen molar-refractivity contribution in [2.75, 3.05) is 32.8 Å². The van der Waals surface area contributed by atoms with Crippen molar-refractivity contribution in [2.45, 2.75) is 38.1 Å². The van der Waals surface area contributed by atoms with Crippen LogP contribution in [-0.2, 0) is 26.2 Å². The number of sulfonamides is 1. The zero-order valence-electron chi connectivity index (χ0n) is 19.8. The summed E-state index contributed by atoms with van der Waals surface area (Å²) < 4.78 is 32.1. The molecule has 0 atom stereocenters. The van der Waals surface area contributed by atoms with Gasteiger partial charge in [-0.3, -0.25) is 9.59 Å². The maximum Gasteiger partial charge on any atom is 0.260 e. The van der Waals surface area contributed by atoms with Gasteiger partial charge in [-0.15, -0.1) is 0 Å². The van der Waals surface area contributed by atoms with Gasteiger partial charge in [0.05, 0.1) is 4.90 Å². The molecule has 0 spiro atoms. The predicted octanol–water partition coefficient (Wildman–Crippen LogP) is 2.65. The maximum atomic E-state index is 12.6. The van der Waals surface area contributed by atoms with Crippen molar-refractivity contribution in [3.63, 3.8) is 0 Å². The Balaban J connectivity index is 1.43. The zero-order valence-corrected chi connectivity index (χ0v) is 20.6. The second-order valence-electron chi connectivity index (χ2n) is 8.21. The molecule has 3 rings (SSSR count). The number of carbonyl (C=O) groups is 2. The Labute approximate surface area is 201 Å². The topological polar surface area (TPSA) is 96.0 Å². The summed E-state index contributed by atoms with van der Waals surface area (Å²) in [6.07, 6.45) is 1.20. The molecule has 1 N–H and O–H groups in total. The SMILES string of the molecule is CCN(CC)S(=O)(=O)c1ccc(CNC(=O)C2CCN(C(=O)COc3ccccc3)CC2)cc1. The van der Waals surface area contributed by atoms with Gasteiger partial charge < -0.3 is 15.0 Å². The van der Waals surface area contributed by atoms with E-state index in [2.05, 4.69) is 5.32 Å². The van der Waals surface area contributed by atoms with Crippen molar-refractivity contribution in [1.29, 1.82) is 0 Å². The lowest BCUT2D eigenvalue weighted by molar-refractivity contribution is -0.137. The van der Waals surface area contributed by atoms with Crippen LogP contribution in [-0.4, -0.2) is 62.2 Å². The highest BCUT2D eigenvalue weighted by Gasteiger charge is 2.27. The van der Waals surface area contributed by atoms with Gasteiger partial charge in [-0.05, 0) is 42.7 Å². The summed E-state index contributed by atoms with van der Waals surface area (Å²) in [4.78, 5) is 27.0. The first-order valence-corrected chi connectivity index (χ1v) is 13.1. The third-order valence-corrected chi connectivity index (χ3v) is 8.12. The number of benzene rings is 2. The lowest BCUT2D eigenvalue weighted by atomic mass is 9.96. The summed E-state index contributed by atoms with van der Waals surface area (Å²) in [5.74, 6) is 0.375. The molecule has 2 amide bonds. The van der Waals surface area contributed by atoms with Crippen molar-refractivity contribution in [3.05, 3.63) is 60.2 Å². The molecular formula is C25H33N3O5S. The molecule has 0 unspecified atom stereocenters. The fourth-order valence-electron chi connectivity index (χ4n) is 3.97. The summed E-state index contributed by atoms with van der Waals surface area (Å²) in [6.45, 7) is 5.81. The van der Waals surface area contributed by atoms with E-state index < -0.39 is 10.0 Å². The fourth-order valence-corrected chi connectivity index (χ4v) is 5.43. The van der Waals surface area contributed by atoms with Gasteiger partial charge >= 0.3 is 0 Å². The average Bonchev–Trinajstić information content (AvgIpc) is 2.87. The van der Waals surface area contributed by atoms with Gasteiger partial charge in [0, 0.05) is 38.6 Å². The third-order valence-electron chi connectivity index (χ3n) is 6.06. The Morgan fingerprint density at radius 1 is 1.00 bits per heavy atom. The molecule has 34 heavy (non-hydrogen) atoms. The Bertz CT molecular complexity index is 1050. The summed E-state index contributed by atoms with van der Waals surface area (Å²) in [6, 6.07) is 15.8. The number of piperidine rings is 1. The molecular weight excluding hydrogens is 454 g/mol. The Morgan fingerprint density at radius 3 is 2.21 bits per heavy atom. The second kappa shape index (κ2) is 12.0. The van der Waals surface area contributed by atoms with E-state index in [9.17, 15) is 18.0 Å². The number of hydrogen-bond acceptors (Lipinski definition) is 5. The number of nitrogens with one attached hydrogen (secondary N) is 1. The van der Waals surface area contributed by atoms with Crippen LogP contribution in [0.5, 0.6) is 5.75 Å². The van der Waals surface area contributed by atoms with Gasteiger partial charge in [-0.1, -0.05) is 44.2 Å². The molecule has 1 heterocycles. The molecule has 0 radical (unpaired) electrons. The number of likely N-dealkylation sites (tertiary alicyclic amines) is 1. The summed E-state index contributed by atoms with van der Waals surface area (Å²) in [5, 5.41) is 2.94. The van der Waals surface area contributed by atoms with Crippen molar-refractivity contribution in [2.24, 2.45) is 5.92 Å². The number of ether oxygens (including phenoxy) is 1. The van der Waals surface area contributed by atoms with Crippen LogP contribution in [0.2, 0.25) is 0 Å². The normalized spacial score (nSPS) is 14.7. The lowest BCUT2D eigenvalue weighted by Crippen LogP contribution is -2.44. The molecule has 1 saturated heterocycles. The first kappa shape index (κ1) is 25.7. The van der Waals surface area contributed by atoms with Crippen LogP contribution in [0.15, 0.2) is 59.5 Å². The molecule has 1 aliphatic rings. The van der Waals surface area contributed by atoms with E-state index in [1.165, 1.54) is 4.31 Å². The largest absolute Gasteiger partial charge is 0.484 e. The number of carbonyl (C=O) groups excluding carboxylic acids is 2. The quantitative estimate of drug-likeness (QED) is 0.556. The van der Waals surface area contributed by atoms with E-state index >= 15 is 0 Å². The smallest absolute Gasteiger partial charge is 0.260 e. The monoisotopic (exact) mass is 487 g/mol. The fraction of sp³-hybridized carbons (Fsp3) is 0.440. The highest BCUT2D eigenvalue weighted by Crippen LogP contribution is 2.19. The van der Waals surface area contributed by atoms with Gasteiger partial charge in [-0.25, -0.2) is 8.42 Å². The van der Waals surface area contributed by atoms with Crippen molar-refractivity contribution in [3.8, 4) is 5.75 Å². The first-order valence-electron chi connectivity index (χ1n) is 11.7. The number of rotatable bonds is 10. The third kappa shape index (κ3) is 6.57. The number of para-hydroxylation sites is 1. The molecule has 184 valence electrons. The van der Waals surface area contributed by atoms with Crippen molar-refractivity contribution < 1.29 is 22.7 Å². The highest BCUT2D eigenvalue weighted by atomic mass is 32.2. The predicted molar refractivity (Wildman–Crippen MR) is 130 cm³/mol. The average molecular weight is 488 g/mol. The molecule has 8 nitrogen and oxygen atoms in total. The number of amides is 2. The van der Waals surface area contributed by atoms with Gasteiger partial charge in [-0.2, -0.15) is 4.31 Å². The number of nitrogens with zero attached hydrogens (tertiary/aromatic N) is 2. The van der Waals surface area contributed by atoms with Crippen LogP contribution in [0, 0.1) is 5.92 Å². The first-order chi connectivity index (χ1) is 16.3. The summed E-state index contributed by atoms with van der Waals surface area (Å²) in [5.41, 5.74) is 0.831. The lowest BCUT2D eigenvalue weighted by Gasteiger charge is -2.31. The van der Waals surface area contributed by atoms with Crippen LogP contribution >= 0.6 is 0 Å². The van der Waals surface area contributed by atoms with Gasteiger partial charge in [0.25, 0.3) is 5.91 Å². The van der Waals surface area contributed by atoms with E-state index in [-0.39, 0.29) is 29.2 Å².